The molecule has 1 aliphatic rings. The van der Waals surface area contributed by atoms with Crippen LogP contribution in [0.5, 0.6) is 0 Å². The van der Waals surface area contributed by atoms with Crippen molar-refractivity contribution in [1.29, 1.82) is 0 Å². The monoisotopic (exact) mass is 835 g/mol. The Bertz CT molecular complexity index is 2300. The molecule has 3 aromatic heterocycles. The van der Waals surface area contributed by atoms with Crippen molar-refractivity contribution in [2.75, 3.05) is 0 Å². The molecule has 1 aliphatic carbocycles. The van der Waals surface area contributed by atoms with E-state index in [1.807, 2.05) is 29.8 Å². The molecule has 4 heteroatoms. The number of benzene rings is 4. The van der Waals surface area contributed by atoms with Crippen LogP contribution in [0.1, 0.15) is 77.6 Å². The van der Waals surface area contributed by atoms with Gasteiger partial charge in [-0.3, -0.25) is 0 Å². The molecule has 3 heterocycles. The summed E-state index contributed by atoms with van der Waals surface area (Å²) in [6.07, 6.45) is 3.83. The predicted molar refractivity (Wildman–Crippen MR) is 205 cm³/mol. The van der Waals surface area contributed by atoms with Crippen molar-refractivity contribution >= 4 is 31.5 Å². The molecule has 2 nitrogen and oxygen atoms in total. The van der Waals surface area contributed by atoms with Crippen LogP contribution >= 0.6 is 11.3 Å². The van der Waals surface area contributed by atoms with E-state index in [0.29, 0.717) is 0 Å². The molecule has 4 aromatic carbocycles. The van der Waals surface area contributed by atoms with E-state index in [4.69, 9.17) is 4.98 Å². The second-order valence-corrected chi connectivity index (χ2v) is 16.5. The predicted octanol–water partition coefficient (Wildman–Crippen LogP) is 12.4. The van der Waals surface area contributed by atoms with Gasteiger partial charge in [0, 0.05) is 37.2 Å². The number of aromatic nitrogens is 2. The average molecular weight is 835 g/mol. The van der Waals surface area contributed by atoms with Gasteiger partial charge in [0.2, 0.25) is 0 Å². The molecule has 0 bridgehead atoms. The number of hydrogen-bond donors (Lipinski definition) is 0. The Morgan fingerprint density at radius 3 is 1.98 bits per heavy atom. The molecule has 0 spiro atoms. The summed E-state index contributed by atoms with van der Waals surface area (Å²) in [5.41, 5.74) is 12.4. The first kappa shape index (κ1) is 34.9. The Kier molecular flexibility index (Phi) is 9.30. The molecule has 0 unspecified atom stereocenters. The summed E-state index contributed by atoms with van der Waals surface area (Å²) in [4.78, 5) is 9.26. The van der Waals surface area contributed by atoms with E-state index in [0.717, 1.165) is 22.5 Å². The minimum absolute atomic E-state index is 0. The van der Waals surface area contributed by atoms with Gasteiger partial charge in [-0.25, -0.2) is 0 Å². The quantitative estimate of drug-likeness (QED) is 0.162. The van der Waals surface area contributed by atoms with Crippen LogP contribution in [-0.2, 0) is 36.4 Å². The number of thiophene rings is 1. The number of nitrogens with zero attached hydrogens (tertiary/aromatic N) is 2. The molecule has 0 aliphatic heterocycles. The molecule has 0 atom stereocenters. The van der Waals surface area contributed by atoms with Gasteiger partial charge in [-0.05, 0) is 78.2 Å². The minimum atomic E-state index is -0.0432. The molecule has 0 N–H and O–H groups in total. The molecule has 249 valence electrons. The van der Waals surface area contributed by atoms with E-state index in [-0.39, 0.29) is 36.4 Å². The second-order valence-electron chi connectivity index (χ2n) is 15.4. The summed E-state index contributed by atoms with van der Waals surface area (Å²) in [7, 11) is 0. The molecule has 0 saturated carbocycles. The van der Waals surface area contributed by atoms with Crippen LogP contribution < -0.4 is 0 Å². The van der Waals surface area contributed by atoms with Crippen molar-refractivity contribution in [2.24, 2.45) is 0 Å². The van der Waals surface area contributed by atoms with Gasteiger partial charge >= 0.3 is 0 Å². The molecule has 8 rings (SSSR count). The van der Waals surface area contributed by atoms with Crippen molar-refractivity contribution in [3.8, 4) is 33.6 Å². The molecule has 0 fully saturated rings. The van der Waals surface area contributed by atoms with Gasteiger partial charge in [-0.15, -0.1) is 53.1 Å². The number of pyridine rings is 2. The summed E-state index contributed by atoms with van der Waals surface area (Å²) in [6, 6.07) is 41.4. The van der Waals surface area contributed by atoms with Crippen molar-refractivity contribution in [3.05, 3.63) is 144 Å². The van der Waals surface area contributed by atoms with Gasteiger partial charge < -0.3 is 9.97 Å². The SMILES string of the molecule is CC(C)(C)c1ccnc(-c2[c-]cc3sc4ccccc4c3c2)c1.CC(C)(C)c1ccnc(-c2[c-]ccc3c2C(C)(C)c2ccccc2-3)c1.[Ir]. The van der Waals surface area contributed by atoms with E-state index in [2.05, 4.69) is 164 Å². The Morgan fingerprint density at radius 1 is 0.633 bits per heavy atom. The maximum atomic E-state index is 4.70. The maximum absolute atomic E-state index is 4.70. The zero-order valence-corrected chi connectivity index (χ0v) is 32.7. The molecular weight excluding hydrogens is 793 g/mol. The molecular formula is C45H42IrN2S-2. The van der Waals surface area contributed by atoms with E-state index in [1.165, 1.54) is 53.6 Å². The third-order valence-corrected chi connectivity index (χ3v) is 10.7. The Labute approximate surface area is 309 Å². The molecule has 49 heavy (non-hydrogen) atoms. The van der Waals surface area contributed by atoms with Gasteiger partial charge in [-0.1, -0.05) is 121 Å². The first-order valence-electron chi connectivity index (χ1n) is 16.7. The summed E-state index contributed by atoms with van der Waals surface area (Å²) in [5.74, 6) is 0. The van der Waals surface area contributed by atoms with E-state index < -0.39 is 0 Å². The Morgan fingerprint density at radius 2 is 1.27 bits per heavy atom. The van der Waals surface area contributed by atoms with Gasteiger partial charge in [0.25, 0.3) is 0 Å². The third-order valence-electron chi connectivity index (χ3n) is 9.61. The average Bonchev–Trinajstić information content (AvgIpc) is 3.56. The van der Waals surface area contributed by atoms with Crippen molar-refractivity contribution in [2.45, 2.75) is 71.6 Å². The van der Waals surface area contributed by atoms with Crippen LogP contribution in [0, 0.1) is 12.1 Å². The fourth-order valence-electron chi connectivity index (χ4n) is 6.87. The van der Waals surface area contributed by atoms with E-state index in [9.17, 15) is 0 Å². The summed E-state index contributed by atoms with van der Waals surface area (Å²) in [5, 5.41) is 2.61. The first-order valence-corrected chi connectivity index (χ1v) is 17.6. The summed E-state index contributed by atoms with van der Waals surface area (Å²) in [6.45, 7) is 18.0. The largest absolute Gasteiger partial charge is 0.305 e. The molecule has 0 amide bonds. The standard InChI is InChI=1S/C24H24N.C21H18NS.Ir/c1-23(2,3)16-13-14-25-21(15-16)19-11-8-10-18-17-9-6-7-12-20(17)24(4,5)22(18)19;1-21(2,3)15-10-11-22-18(13-15)14-8-9-20-17(12-14)16-6-4-5-7-19(16)23-20;/h6-10,12-15H,1-5H3;4-7,9-13H,1-3H3;/q2*-1;. The Balaban J connectivity index is 0.000000167. The van der Waals surface area contributed by atoms with Crippen LogP contribution in [0.25, 0.3) is 53.8 Å². The smallest absolute Gasteiger partial charge is 0.0239 e. The van der Waals surface area contributed by atoms with Gasteiger partial charge in [0.05, 0.1) is 0 Å². The molecule has 0 saturated heterocycles. The minimum Gasteiger partial charge on any atom is -0.305 e. The third kappa shape index (κ3) is 6.55. The van der Waals surface area contributed by atoms with Crippen LogP contribution in [-0.4, -0.2) is 9.97 Å². The molecule has 1 radical (unpaired) electrons. The molecule has 7 aromatic rings. The number of hydrogen-bond acceptors (Lipinski definition) is 3. The van der Waals surface area contributed by atoms with Gasteiger partial charge in [-0.2, -0.15) is 11.3 Å². The zero-order valence-electron chi connectivity index (χ0n) is 29.5. The number of fused-ring (bicyclic) bond motifs is 6. The van der Waals surface area contributed by atoms with Gasteiger partial charge in [0.1, 0.15) is 0 Å². The van der Waals surface area contributed by atoms with E-state index >= 15 is 0 Å². The summed E-state index contributed by atoms with van der Waals surface area (Å²) >= 11 is 1.82. The fraction of sp³-hybridized carbons (Fsp3) is 0.244. The first-order chi connectivity index (χ1) is 22.8. The topological polar surface area (TPSA) is 25.8 Å². The van der Waals surface area contributed by atoms with Crippen molar-refractivity contribution in [3.63, 3.8) is 0 Å². The zero-order chi connectivity index (χ0) is 33.8. The fourth-order valence-corrected chi connectivity index (χ4v) is 7.94. The number of rotatable bonds is 2. The van der Waals surface area contributed by atoms with Crippen molar-refractivity contribution < 1.29 is 20.1 Å². The van der Waals surface area contributed by atoms with Crippen LogP contribution in [0.4, 0.5) is 0 Å². The normalized spacial score (nSPS) is 13.3. The summed E-state index contributed by atoms with van der Waals surface area (Å²) < 4.78 is 2.60. The second kappa shape index (κ2) is 13.1. The van der Waals surface area contributed by atoms with Crippen LogP contribution in [0.2, 0.25) is 0 Å². The van der Waals surface area contributed by atoms with E-state index in [1.54, 1.807) is 0 Å². The maximum Gasteiger partial charge on any atom is 0.0239 e. The van der Waals surface area contributed by atoms with Crippen LogP contribution in [0.3, 0.4) is 0 Å². The Hall–Kier alpha value is -3.95. The van der Waals surface area contributed by atoms with Gasteiger partial charge in [0.15, 0.2) is 0 Å². The van der Waals surface area contributed by atoms with Crippen molar-refractivity contribution in [1.82, 2.24) is 9.97 Å². The van der Waals surface area contributed by atoms with Crippen LogP contribution in [0.15, 0.2) is 109 Å².